The molecule has 1 aliphatic carbocycles. The molecule has 1 heterocycles. The molecule has 2 aromatic rings. The molecular weight excluding hydrogens is 286 g/mol. The zero-order chi connectivity index (χ0) is 16.1. The Bertz CT molecular complexity index is 622. The van der Waals surface area contributed by atoms with E-state index in [9.17, 15) is 5.11 Å². The lowest BCUT2D eigenvalue weighted by atomic mass is 9.79. The van der Waals surface area contributed by atoms with Crippen molar-refractivity contribution < 1.29 is 5.11 Å². The second-order valence-corrected chi connectivity index (χ2v) is 6.87. The predicted molar refractivity (Wildman–Crippen MR) is 94.4 cm³/mol. The van der Waals surface area contributed by atoms with E-state index >= 15 is 0 Å². The van der Waals surface area contributed by atoms with Crippen LogP contribution < -0.4 is 5.32 Å². The molecule has 3 rings (SSSR count). The van der Waals surface area contributed by atoms with Crippen molar-refractivity contribution in [1.82, 2.24) is 14.9 Å². The zero-order valence-electron chi connectivity index (χ0n) is 14.2. The smallest absolute Gasteiger partial charge is 0.109 e. The molecule has 0 radical (unpaired) electrons. The Morgan fingerprint density at radius 2 is 2.00 bits per heavy atom. The largest absolute Gasteiger partial charge is 0.396 e. The lowest BCUT2D eigenvalue weighted by Crippen LogP contribution is -2.32. The molecule has 4 heteroatoms. The van der Waals surface area contributed by atoms with E-state index in [-0.39, 0.29) is 0 Å². The Hall–Kier alpha value is -1.39. The highest BCUT2D eigenvalue weighted by atomic mass is 16.3. The van der Waals surface area contributed by atoms with E-state index in [1.165, 1.54) is 37.0 Å². The van der Waals surface area contributed by atoms with Crippen molar-refractivity contribution in [2.75, 3.05) is 19.7 Å². The fourth-order valence-electron chi connectivity index (χ4n) is 3.87. The number of hydrogen-bond donors (Lipinski definition) is 2. The number of rotatable bonds is 7. The molecule has 126 valence electrons. The zero-order valence-corrected chi connectivity index (χ0v) is 14.2. The van der Waals surface area contributed by atoms with Crippen LogP contribution in [-0.4, -0.2) is 34.4 Å². The third-order valence-corrected chi connectivity index (χ3v) is 5.34. The number of para-hydroxylation sites is 2. The van der Waals surface area contributed by atoms with Gasteiger partial charge in [0.15, 0.2) is 0 Å². The Labute approximate surface area is 138 Å². The summed E-state index contributed by atoms with van der Waals surface area (Å²) in [4.78, 5) is 4.73. The second kappa shape index (κ2) is 7.93. The summed E-state index contributed by atoms with van der Waals surface area (Å²) in [6.45, 7) is 2.43. The van der Waals surface area contributed by atoms with Crippen molar-refractivity contribution in [2.45, 2.75) is 38.5 Å². The molecule has 0 aliphatic heterocycles. The Morgan fingerprint density at radius 1 is 1.22 bits per heavy atom. The van der Waals surface area contributed by atoms with E-state index in [2.05, 4.69) is 35.1 Å². The van der Waals surface area contributed by atoms with Crippen LogP contribution in [0, 0.1) is 11.8 Å². The number of nitrogens with zero attached hydrogens (tertiary/aromatic N) is 2. The number of nitrogens with one attached hydrogen (secondary N) is 1. The average molecular weight is 315 g/mol. The minimum atomic E-state index is 0.353. The molecule has 0 spiro atoms. The van der Waals surface area contributed by atoms with E-state index in [4.69, 9.17) is 4.98 Å². The first kappa shape index (κ1) is 16.5. The Kier molecular flexibility index (Phi) is 5.68. The lowest BCUT2D eigenvalue weighted by molar-refractivity contribution is 0.133. The minimum absolute atomic E-state index is 0.353. The number of aliphatic hydroxyl groups excluding tert-OH is 1. The molecule has 2 unspecified atom stereocenters. The minimum Gasteiger partial charge on any atom is -0.396 e. The van der Waals surface area contributed by atoms with Crippen LogP contribution in [0.1, 0.15) is 37.9 Å². The van der Waals surface area contributed by atoms with Crippen molar-refractivity contribution in [3.63, 3.8) is 0 Å². The van der Waals surface area contributed by atoms with Crippen LogP contribution in [0.2, 0.25) is 0 Å². The van der Waals surface area contributed by atoms with Gasteiger partial charge in [-0.1, -0.05) is 25.0 Å². The van der Waals surface area contributed by atoms with Gasteiger partial charge >= 0.3 is 0 Å². The van der Waals surface area contributed by atoms with Crippen LogP contribution in [0.25, 0.3) is 11.0 Å². The maximum absolute atomic E-state index is 9.47. The average Bonchev–Trinajstić information content (AvgIpc) is 2.91. The first-order valence-corrected chi connectivity index (χ1v) is 9.01. The van der Waals surface area contributed by atoms with Gasteiger partial charge < -0.3 is 15.0 Å². The van der Waals surface area contributed by atoms with Crippen LogP contribution in [0.15, 0.2) is 24.3 Å². The number of fused-ring (bicyclic) bond motifs is 1. The van der Waals surface area contributed by atoms with Gasteiger partial charge in [0.25, 0.3) is 0 Å². The highest BCUT2D eigenvalue weighted by molar-refractivity contribution is 5.75. The molecule has 1 saturated carbocycles. The van der Waals surface area contributed by atoms with Gasteiger partial charge in [0.2, 0.25) is 0 Å². The normalized spacial score (nSPS) is 21.8. The van der Waals surface area contributed by atoms with E-state index < -0.39 is 0 Å². The highest BCUT2D eigenvalue weighted by Crippen LogP contribution is 2.29. The highest BCUT2D eigenvalue weighted by Gasteiger charge is 2.23. The molecule has 4 nitrogen and oxygen atoms in total. The van der Waals surface area contributed by atoms with Gasteiger partial charge in [-0.3, -0.25) is 0 Å². The molecular formula is C19H29N3O. The molecule has 2 atom stereocenters. The van der Waals surface area contributed by atoms with Crippen molar-refractivity contribution >= 4 is 11.0 Å². The summed E-state index contributed by atoms with van der Waals surface area (Å²) in [5.74, 6) is 2.33. The van der Waals surface area contributed by atoms with Crippen LogP contribution in [0.5, 0.6) is 0 Å². The van der Waals surface area contributed by atoms with Gasteiger partial charge in [-0.05, 0) is 56.3 Å². The molecule has 1 fully saturated rings. The lowest BCUT2D eigenvalue weighted by Gasteiger charge is -2.30. The van der Waals surface area contributed by atoms with Crippen LogP contribution in [0.4, 0.5) is 0 Å². The number of hydrogen-bond acceptors (Lipinski definition) is 3. The Morgan fingerprint density at radius 3 is 2.78 bits per heavy atom. The van der Waals surface area contributed by atoms with E-state index in [0.29, 0.717) is 18.4 Å². The van der Waals surface area contributed by atoms with E-state index in [1.807, 2.05) is 6.07 Å². The van der Waals surface area contributed by atoms with Gasteiger partial charge in [-0.15, -0.1) is 0 Å². The second-order valence-electron chi connectivity index (χ2n) is 6.87. The summed E-state index contributed by atoms with van der Waals surface area (Å²) in [6, 6.07) is 8.32. The van der Waals surface area contributed by atoms with Gasteiger partial charge in [0, 0.05) is 20.1 Å². The summed E-state index contributed by atoms with van der Waals surface area (Å²) in [5.41, 5.74) is 2.30. The van der Waals surface area contributed by atoms with Crippen molar-refractivity contribution in [3.05, 3.63) is 30.1 Å². The first-order valence-electron chi connectivity index (χ1n) is 9.01. The van der Waals surface area contributed by atoms with Gasteiger partial charge in [0.1, 0.15) is 5.82 Å². The fourth-order valence-corrected chi connectivity index (χ4v) is 3.87. The van der Waals surface area contributed by atoms with Crippen LogP contribution >= 0.6 is 0 Å². The summed E-state index contributed by atoms with van der Waals surface area (Å²) >= 11 is 0. The maximum atomic E-state index is 9.47. The standard InChI is InChI=1S/C19H29N3O/c1-22-18-10-5-4-9-17(18)21-19(22)11-6-12-20-13-15-7-2-3-8-16(15)14-23/h4-5,9-10,15-16,20,23H,2-3,6-8,11-14H2,1H3. The van der Waals surface area contributed by atoms with Gasteiger partial charge in [-0.25, -0.2) is 4.98 Å². The topological polar surface area (TPSA) is 50.1 Å². The molecule has 0 amide bonds. The first-order chi connectivity index (χ1) is 11.3. The van der Waals surface area contributed by atoms with Crippen molar-refractivity contribution in [3.8, 4) is 0 Å². The predicted octanol–water partition coefficient (Wildman–Crippen LogP) is 2.89. The number of imidazole rings is 1. The SMILES string of the molecule is Cn1c(CCCNCC2CCCCC2CO)nc2ccccc21. The van der Waals surface area contributed by atoms with Gasteiger partial charge in [-0.2, -0.15) is 0 Å². The van der Waals surface area contributed by atoms with Gasteiger partial charge in [0.05, 0.1) is 11.0 Å². The quantitative estimate of drug-likeness (QED) is 0.773. The Balaban J connectivity index is 1.43. The van der Waals surface area contributed by atoms with Crippen LogP contribution in [-0.2, 0) is 13.5 Å². The van der Waals surface area contributed by atoms with E-state index in [0.717, 1.165) is 31.4 Å². The number of aromatic nitrogens is 2. The molecule has 0 saturated heterocycles. The number of aryl methyl sites for hydroxylation is 2. The summed E-state index contributed by atoms with van der Waals surface area (Å²) in [5, 5.41) is 13.1. The fraction of sp³-hybridized carbons (Fsp3) is 0.632. The molecule has 1 aliphatic rings. The van der Waals surface area contributed by atoms with Crippen molar-refractivity contribution in [2.24, 2.45) is 18.9 Å². The molecule has 23 heavy (non-hydrogen) atoms. The third kappa shape index (κ3) is 3.93. The molecule has 1 aromatic carbocycles. The monoisotopic (exact) mass is 315 g/mol. The summed E-state index contributed by atoms with van der Waals surface area (Å²) in [7, 11) is 2.10. The number of aliphatic hydroxyl groups is 1. The molecule has 1 aromatic heterocycles. The summed E-state index contributed by atoms with van der Waals surface area (Å²) < 4.78 is 2.21. The van der Waals surface area contributed by atoms with Crippen molar-refractivity contribution in [1.29, 1.82) is 0 Å². The third-order valence-electron chi connectivity index (χ3n) is 5.34. The van der Waals surface area contributed by atoms with Crippen LogP contribution in [0.3, 0.4) is 0 Å². The summed E-state index contributed by atoms with van der Waals surface area (Å²) in [6.07, 6.45) is 7.18. The molecule has 0 bridgehead atoms. The molecule has 2 N–H and O–H groups in total. The maximum Gasteiger partial charge on any atom is 0.109 e. The van der Waals surface area contributed by atoms with E-state index in [1.54, 1.807) is 0 Å². The number of benzene rings is 1.